The summed E-state index contributed by atoms with van der Waals surface area (Å²) in [5, 5.41) is 17.4. The molecule has 0 aromatic heterocycles. The lowest BCUT2D eigenvalue weighted by molar-refractivity contribution is -0.384. The summed E-state index contributed by atoms with van der Waals surface area (Å²) >= 11 is 5.28. The number of thiocarbonyl (C=S) groups is 1. The predicted molar refractivity (Wildman–Crippen MR) is 120 cm³/mol. The molecule has 0 spiro atoms. The zero-order valence-electron chi connectivity index (χ0n) is 17.2. The van der Waals surface area contributed by atoms with Crippen LogP contribution in [-0.4, -0.2) is 42.2 Å². The maximum Gasteiger partial charge on any atom is 0.293 e. The average Bonchev–Trinajstić information content (AvgIpc) is 2.70. The van der Waals surface area contributed by atoms with E-state index in [1.165, 1.54) is 6.07 Å². The third-order valence-electron chi connectivity index (χ3n) is 4.93. The van der Waals surface area contributed by atoms with E-state index in [9.17, 15) is 14.9 Å². The summed E-state index contributed by atoms with van der Waals surface area (Å²) in [5.74, 6) is -0.508. The van der Waals surface area contributed by atoms with E-state index in [0.717, 1.165) is 22.4 Å². The number of nitrogens with zero attached hydrogens (tertiary/aromatic N) is 2. The SMILES string of the molecule is Cc1cc(C)c(NC(=S)NC(=O)c2ccc(N3CCOCC3)c([N+](=O)[O-])c2)c(C)c1. The lowest BCUT2D eigenvalue weighted by Gasteiger charge is -2.28. The molecule has 1 saturated heterocycles. The highest BCUT2D eigenvalue weighted by molar-refractivity contribution is 7.80. The third kappa shape index (κ3) is 4.92. The number of nitro groups is 1. The van der Waals surface area contributed by atoms with Crippen LogP contribution in [0.1, 0.15) is 27.0 Å². The summed E-state index contributed by atoms with van der Waals surface area (Å²) in [6, 6.07) is 8.49. The van der Waals surface area contributed by atoms with Crippen molar-refractivity contribution in [2.24, 2.45) is 0 Å². The zero-order chi connectivity index (χ0) is 21.8. The van der Waals surface area contributed by atoms with Gasteiger partial charge in [0.05, 0.1) is 18.1 Å². The Morgan fingerprint density at radius 3 is 2.37 bits per heavy atom. The van der Waals surface area contributed by atoms with E-state index in [0.29, 0.717) is 32.0 Å². The van der Waals surface area contributed by atoms with Gasteiger partial charge in [0, 0.05) is 30.4 Å². The quantitative estimate of drug-likeness (QED) is 0.437. The van der Waals surface area contributed by atoms with Gasteiger partial charge in [-0.3, -0.25) is 20.2 Å². The number of morpholine rings is 1. The second-order valence-corrected chi connectivity index (χ2v) is 7.65. The smallest absolute Gasteiger partial charge is 0.293 e. The molecule has 0 aliphatic carbocycles. The molecule has 1 amide bonds. The van der Waals surface area contributed by atoms with Crippen LogP contribution in [0.5, 0.6) is 0 Å². The molecule has 3 rings (SSSR count). The van der Waals surface area contributed by atoms with Gasteiger partial charge in [0.25, 0.3) is 11.6 Å². The van der Waals surface area contributed by atoms with Crippen LogP contribution in [0.2, 0.25) is 0 Å². The Morgan fingerprint density at radius 1 is 1.13 bits per heavy atom. The molecule has 158 valence electrons. The first-order valence-corrected chi connectivity index (χ1v) is 9.98. The summed E-state index contributed by atoms with van der Waals surface area (Å²) in [6.07, 6.45) is 0. The van der Waals surface area contributed by atoms with E-state index in [1.54, 1.807) is 12.1 Å². The molecule has 2 aromatic rings. The van der Waals surface area contributed by atoms with E-state index >= 15 is 0 Å². The number of nitrogens with one attached hydrogen (secondary N) is 2. The Morgan fingerprint density at radius 2 is 1.77 bits per heavy atom. The second-order valence-electron chi connectivity index (χ2n) is 7.24. The number of amides is 1. The lowest BCUT2D eigenvalue weighted by Crippen LogP contribution is -2.37. The summed E-state index contributed by atoms with van der Waals surface area (Å²) < 4.78 is 5.30. The van der Waals surface area contributed by atoms with Crippen molar-refractivity contribution in [1.29, 1.82) is 0 Å². The molecule has 1 fully saturated rings. The highest BCUT2D eigenvalue weighted by Gasteiger charge is 2.23. The number of hydrogen-bond donors (Lipinski definition) is 2. The second kappa shape index (κ2) is 9.19. The molecule has 2 N–H and O–H groups in total. The lowest BCUT2D eigenvalue weighted by atomic mass is 10.1. The van der Waals surface area contributed by atoms with Crippen LogP contribution in [0.3, 0.4) is 0 Å². The largest absolute Gasteiger partial charge is 0.378 e. The van der Waals surface area contributed by atoms with Crippen molar-refractivity contribution in [3.8, 4) is 0 Å². The number of nitro benzene ring substituents is 1. The molecule has 1 aliphatic heterocycles. The molecule has 0 atom stereocenters. The van der Waals surface area contributed by atoms with Crippen molar-refractivity contribution < 1.29 is 14.5 Å². The van der Waals surface area contributed by atoms with E-state index in [-0.39, 0.29) is 16.4 Å². The van der Waals surface area contributed by atoms with Gasteiger partial charge in [-0.2, -0.15) is 0 Å². The summed E-state index contributed by atoms with van der Waals surface area (Å²) in [5.41, 5.74) is 4.52. The normalized spacial score (nSPS) is 13.6. The van der Waals surface area contributed by atoms with Gasteiger partial charge < -0.3 is 15.0 Å². The van der Waals surface area contributed by atoms with Gasteiger partial charge >= 0.3 is 0 Å². The minimum absolute atomic E-state index is 0.117. The number of benzene rings is 2. The number of aryl methyl sites for hydroxylation is 3. The van der Waals surface area contributed by atoms with Crippen molar-refractivity contribution >= 4 is 40.3 Å². The first kappa shape index (κ1) is 21.7. The van der Waals surface area contributed by atoms with E-state index < -0.39 is 10.8 Å². The predicted octanol–water partition coefficient (Wildman–Crippen LogP) is 3.48. The molecule has 8 nitrogen and oxygen atoms in total. The maximum atomic E-state index is 12.6. The Balaban J connectivity index is 1.75. The van der Waals surface area contributed by atoms with Crippen LogP contribution in [0, 0.1) is 30.9 Å². The van der Waals surface area contributed by atoms with Gasteiger partial charge in [-0.05, 0) is 56.2 Å². The fourth-order valence-corrected chi connectivity index (χ4v) is 3.77. The number of anilines is 2. The molecule has 0 saturated carbocycles. The molecule has 0 unspecified atom stereocenters. The molecular weight excluding hydrogens is 404 g/mol. The van der Waals surface area contributed by atoms with Gasteiger partial charge in [-0.1, -0.05) is 17.7 Å². The Kier molecular flexibility index (Phi) is 6.63. The Bertz CT molecular complexity index is 979. The highest BCUT2D eigenvalue weighted by atomic mass is 32.1. The first-order chi connectivity index (χ1) is 14.3. The molecule has 1 aliphatic rings. The summed E-state index contributed by atoms with van der Waals surface area (Å²) in [4.78, 5) is 25.6. The molecule has 0 radical (unpaired) electrons. The van der Waals surface area contributed by atoms with Crippen LogP contribution >= 0.6 is 12.2 Å². The van der Waals surface area contributed by atoms with E-state index in [1.807, 2.05) is 37.8 Å². The number of carbonyl (C=O) groups is 1. The van der Waals surface area contributed by atoms with Crippen LogP contribution in [0.4, 0.5) is 17.1 Å². The van der Waals surface area contributed by atoms with Crippen molar-refractivity contribution in [3.63, 3.8) is 0 Å². The molecular formula is C21H24N4O4S. The molecule has 1 heterocycles. The van der Waals surface area contributed by atoms with Crippen molar-refractivity contribution in [3.05, 3.63) is 62.7 Å². The minimum Gasteiger partial charge on any atom is -0.378 e. The van der Waals surface area contributed by atoms with E-state index in [2.05, 4.69) is 10.6 Å². The molecule has 0 bridgehead atoms. The van der Waals surface area contributed by atoms with Crippen LogP contribution in [0.25, 0.3) is 0 Å². The molecule has 2 aromatic carbocycles. The number of rotatable bonds is 4. The Labute approximate surface area is 180 Å². The monoisotopic (exact) mass is 428 g/mol. The van der Waals surface area contributed by atoms with Crippen LogP contribution in [-0.2, 0) is 4.74 Å². The van der Waals surface area contributed by atoms with Crippen molar-refractivity contribution in [1.82, 2.24) is 5.32 Å². The van der Waals surface area contributed by atoms with Gasteiger partial charge in [0.15, 0.2) is 5.11 Å². The number of carbonyl (C=O) groups excluding carboxylic acids is 1. The van der Waals surface area contributed by atoms with Gasteiger partial charge in [-0.25, -0.2) is 0 Å². The standard InChI is InChI=1S/C21H24N4O4S/c1-13-10-14(2)19(15(3)11-13)22-21(30)23-20(26)16-4-5-17(18(12-16)25(27)28)24-6-8-29-9-7-24/h4-5,10-12H,6-9H2,1-3H3,(H2,22,23,26,30). The van der Waals surface area contributed by atoms with Gasteiger partial charge in [0.1, 0.15) is 5.69 Å². The topological polar surface area (TPSA) is 96.7 Å². The molecule has 9 heteroatoms. The van der Waals surface area contributed by atoms with Crippen LogP contribution in [0.15, 0.2) is 30.3 Å². The minimum atomic E-state index is -0.508. The van der Waals surface area contributed by atoms with Crippen LogP contribution < -0.4 is 15.5 Å². The van der Waals surface area contributed by atoms with Gasteiger partial charge in [-0.15, -0.1) is 0 Å². The fraction of sp³-hybridized carbons (Fsp3) is 0.333. The number of hydrogen-bond acceptors (Lipinski definition) is 6. The van der Waals surface area contributed by atoms with Gasteiger partial charge in [0.2, 0.25) is 0 Å². The first-order valence-electron chi connectivity index (χ1n) is 9.57. The number of ether oxygens (including phenoxy) is 1. The fourth-order valence-electron chi connectivity index (χ4n) is 3.58. The van der Waals surface area contributed by atoms with E-state index in [4.69, 9.17) is 17.0 Å². The highest BCUT2D eigenvalue weighted by Crippen LogP contribution is 2.30. The average molecular weight is 429 g/mol. The maximum absolute atomic E-state index is 12.6. The zero-order valence-corrected chi connectivity index (χ0v) is 18.0. The van der Waals surface area contributed by atoms with Crippen molar-refractivity contribution in [2.75, 3.05) is 36.5 Å². The Hall–Kier alpha value is -3.04. The third-order valence-corrected chi connectivity index (χ3v) is 5.13. The van der Waals surface area contributed by atoms with Crippen molar-refractivity contribution in [2.45, 2.75) is 20.8 Å². The molecule has 30 heavy (non-hydrogen) atoms. The summed E-state index contributed by atoms with van der Waals surface area (Å²) in [7, 11) is 0. The summed E-state index contributed by atoms with van der Waals surface area (Å²) in [6.45, 7) is 8.08.